The zero-order chi connectivity index (χ0) is 19.8. The van der Waals surface area contributed by atoms with E-state index in [0.717, 1.165) is 17.9 Å². The SMILES string of the molecule is CS(=O)(=O)c1cc(F)c2c(c1)O[C@H](CCc1ccc(S(=O)(=O)O)cc1)CO2. The molecule has 0 saturated heterocycles. The van der Waals surface area contributed by atoms with Crippen molar-refractivity contribution >= 4 is 20.0 Å². The summed E-state index contributed by atoms with van der Waals surface area (Å²) < 4.78 is 79.4. The molecule has 146 valence electrons. The van der Waals surface area contributed by atoms with Crippen LogP contribution in [0.15, 0.2) is 46.2 Å². The van der Waals surface area contributed by atoms with E-state index in [2.05, 4.69) is 0 Å². The van der Waals surface area contributed by atoms with Crippen molar-refractivity contribution in [1.29, 1.82) is 0 Å². The zero-order valence-corrected chi connectivity index (χ0v) is 15.9. The largest absolute Gasteiger partial charge is 0.483 e. The molecular formula is C17H17FO7S2. The molecule has 2 aromatic carbocycles. The number of ether oxygens (including phenoxy) is 2. The van der Waals surface area contributed by atoms with Crippen molar-refractivity contribution in [1.82, 2.24) is 0 Å². The molecule has 0 aliphatic carbocycles. The van der Waals surface area contributed by atoms with Crippen LogP contribution in [0.1, 0.15) is 12.0 Å². The van der Waals surface area contributed by atoms with Crippen molar-refractivity contribution in [2.45, 2.75) is 28.7 Å². The Morgan fingerprint density at radius 1 is 1.11 bits per heavy atom. The molecule has 1 atom stereocenters. The minimum Gasteiger partial charge on any atom is -0.483 e. The third-order valence-electron chi connectivity index (χ3n) is 4.09. The van der Waals surface area contributed by atoms with Gasteiger partial charge < -0.3 is 9.47 Å². The van der Waals surface area contributed by atoms with Crippen molar-refractivity contribution in [2.75, 3.05) is 12.9 Å². The highest BCUT2D eigenvalue weighted by atomic mass is 32.2. The van der Waals surface area contributed by atoms with Crippen LogP contribution in [0.4, 0.5) is 4.39 Å². The lowest BCUT2D eigenvalue weighted by atomic mass is 10.1. The first-order valence-corrected chi connectivity index (χ1v) is 11.3. The molecule has 0 amide bonds. The maximum Gasteiger partial charge on any atom is 0.294 e. The molecule has 0 bridgehead atoms. The Hall–Kier alpha value is -2.17. The van der Waals surface area contributed by atoms with Gasteiger partial charge in [-0.15, -0.1) is 0 Å². The van der Waals surface area contributed by atoms with Gasteiger partial charge in [0.05, 0.1) is 9.79 Å². The Morgan fingerprint density at radius 2 is 1.78 bits per heavy atom. The maximum atomic E-state index is 14.0. The summed E-state index contributed by atoms with van der Waals surface area (Å²) >= 11 is 0. The number of hydrogen-bond donors (Lipinski definition) is 1. The van der Waals surface area contributed by atoms with Crippen LogP contribution in [0.3, 0.4) is 0 Å². The summed E-state index contributed by atoms with van der Waals surface area (Å²) in [5.41, 5.74) is 0.813. The van der Waals surface area contributed by atoms with Crippen LogP contribution >= 0.6 is 0 Å². The predicted octanol–water partition coefficient (Wildman–Crippen LogP) is 2.25. The second-order valence-electron chi connectivity index (χ2n) is 6.21. The number of aryl methyl sites for hydroxylation is 1. The molecule has 10 heteroatoms. The molecule has 0 unspecified atom stereocenters. The van der Waals surface area contributed by atoms with E-state index in [1.165, 1.54) is 18.2 Å². The maximum absolute atomic E-state index is 14.0. The topological polar surface area (TPSA) is 107 Å². The number of sulfone groups is 1. The smallest absolute Gasteiger partial charge is 0.294 e. The molecule has 7 nitrogen and oxygen atoms in total. The van der Waals surface area contributed by atoms with E-state index in [1.807, 2.05) is 0 Å². The number of fused-ring (bicyclic) bond motifs is 1. The first-order chi connectivity index (χ1) is 12.5. The highest BCUT2D eigenvalue weighted by Crippen LogP contribution is 2.37. The zero-order valence-electron chi connectivity index (χ0n) is 14.3. The van der Waals surface area contributed by atoms with Gasteiger partial charge in [-0.25, -0.2) is 12.8 Å². The molecule has 1 aliphatic heterocycles. The van der Waals surface area contributed by atoms with E-state index in [-0.39, 0.29) is 27.9 Å². The molecule has 1 N–H and O–H groups in total. The normalized spacial score (nSPS) is 16.9. The first kappa shape index (κ1) is 19.6. The molecule has 1 aliphatic rings. The summed E-state index contributed by atoms with van der Waals surface area (Å²) in [5.74, 6) is -0.878. The lowest BCUT2D eigenvalue weighted by molar-refractivity contribution is 0.0805. The third kappa shape index (κ3) is 4.57. The highest BCUT2D eigenvalue weighted by molar-refractivity contribution is 7.90. The van der Waals surface area contributed by atoms with Gasteiger partial charge in [0, 0.05) is 12.3 Å². The van der Waals surface area contributed by atoms with Gasteiger partial charge in [-0.2, -0.15) is 8.42 Å². The molecule has 2 aromatic rings. The average molecular weight is 416 g/mol. The molecule has 0 spiro atoms. The van der Waals surface area contributed by atoms with Crippen LogP contribution in [-0.4, -0.2) is 40.4 Å². The van der Waals surface area contributed by atoms with Gasteiger partial charge >= 0.3 is 0 Å². The van der Waals surface area contributed by atoms with Crippen LogP contribution in [-0.2, 0) is 26.4 Å². The molecule has 3 rings (SSSR count). The van der Waals surface area contributed by atoms with Gasteiger partial charge in [-0.1, -0.05) is 12.1 Å². The summed E-state index contributed by atoms with van der Waals surface area (Å²) in [6.45, 7) is 0.102. The van der Waals surface area contributed by atoms with Gasteiger partial charge in [0.1, 0.15) is 12.7 Å². The summed E-state index contributed by atoms with van der Waals surface area (Å²) in [6.07, 6.45) is 1.55. The average Bonchev–Trinajstić information content (AvgIpc) is 2.58. The number of halogens is 1. The quantitative estimate of drug-likeness (QED) is 0.745. The van der Waals surface area contributed by atoms with Crippen molar-refractivity contribution in [2.24, 2.45) is 0 Å². The summed E-state index contributed by atoms with van der Waals surface area (Å²) in [5, 5.41) is 0. The van der Waals surface area contributed by atoms with Crippen molar-refractivity contribution in [3.05, 3.63) is 47.8 Å². The van der Waals surface area contributed by atoms with Crippen molar-refractivity contribution in [3.63, 3.8) is 0 Å². The molecule has 0 aromatic heterocycles. The fourth-order valence-electron chi connectivity index (χ4n) is 2.67. The molecule has 0 saturated carbocycles. The van der Waals surface area contributed by atoms with Gasteiger partial charge in [-0.3, -0.25) is 4.55 Å². The number of rotatable bonds is 5. The molecular weight excluding hydrogens is 399 g/mol. The second-order valence-corrected chi connectivity index (χ2v) is 9.65. The summed E-state index contributed by atoms with van der Waals surface area (Å²) in [7, 11) is -7.83. The minimum absolute atomic E-state index is 0.0356. The molecule has 0 radical (unpaired) electrons. The van der Waals surface area contributed by atoms with E-state index in [0.29, 0.717) is 12.8 Å². The lowest BCUT2D eigenvalue weighted by Crippen LogP contribution is -2.30. The first-order valence-electron chi connectivity index (χ1n) is 7.93. The van der Waals surface area contributed by atoms with E-state index in [9.17, 15) is 21.2 Å². The second kappa shape index (κ2) is 7.10. The van der Waals surface area contributed by atoms with Gasteiger partial charge in [0.2, 0.25) is 0 Å². The van der Waals surface area contributed by atoms with Crippen LogP contribution in [0.2, 0.25) is 0 Å². The third-order valence-corrected chi connectivity index (χ3v) is 6.05. The fraction of sp³-hybridized carbons (Fsp3) is 0.294. The number of benzene rings is 2. The Labute approximate surface area is 156 Å². The van der Waals surface area contributed by atoms with E-state index >= 15 is 0 Å². The molecule has 0 fully saturated rings. The van der Waals surface area contributed by atoms with Crippen LogP contribution in [0.25, 0.3) is 0 Å². The van der Waals surface area contributed by atoms with Crippen molar-refractivity contribution < 1.29 is 35.3 Å². The van der Waals surface area contributed by atoms with Crippen LogP contribution < -0.4 is 9.47 Å². The Morgan fingerprint density at radius 3 is 2.37 bits per heavy atom. The van der Waals surface area contributed by atoms with Gasteiger partial charge in [-0.05, 0) is 36.6 Å². The summed E-state index contributed by atoms with van der Waals surface area (Å²) in [6, 6.07) is 7.87. The van der Waals surface area contributed by atoms with E-state index in [4.69, 9.17) is 14.0 Å². The predicted molar refractivity (Wildman–Crippen MR) is 94.0 cm³/mol. The molecule has 1 heterocycles. The van der Waals surface area contributed by atoms with E-state index < -0.39 is 31.9 Å². The highest BCUT2D eigenvalue weighted by Gasteiger charge is 2.26. The number of hydrogen-bond acceptors (Lipinski definition) is 6. The monoisotopic (exact) mass is 416 g/mol. The Kier molecular flexibility index (Phi) is 5.15. The van der Waals surface area contributed by atoms with E-state index in [1.54, 1.807) is 12.1 Å². The Balaban J connectivity index is 1.70. The fourth-order valence-corrected chi connectivity index (χ4v) is 3.79. The minimum atomic E-state index is -4.24. The molecule has 27 heavy (non-hydrogen) atoms. The standard InChI is InChI=1S/C17H17FO7S2/c1-26(19,20)14-8-15(18)17-16(9-14)25-12(10-24-17)5-2-11-3-6-13(7-4-11)27(21,22)23/h3-4,6-9,12H,2,5,10H2,1H3,(H,21,22,23)/t12-/m1/s1. The van der Waals surface area contributed by atoms with Crippen molar-refractivity contribution in [3.8, 4) is 11.5 Å². The van der Waals surface area contributed by atoms with Gasteiger partial charge in [0.15, 0.2) is 27.2 Å². The van der Waals surface area contributed by atoms with Crippen LogP contribution in [0.5, 0.6) is 11.5 Å². The lowest BCUT2D eigenvalue weighted by Gasteiger charge is -2.27. The van der Waals surface area contributed by atoms with Crippen LogP contribution in [0, 0.1) is 5.82 Å². The van der Waals surface area contributed by atoms with Gasteiger partial charge in [0.25, 0.3) is 10.1 Å². The Bertz CT molecular complexity index is 1060. The summed E-state index contributed by atoms with van der Waals surface area (Å²) in [4.78, 5) is -0.384.